The molecule has 0 aliphatic carbocycles. The van der Waals surface area contributed by atoms with Crippen LogP contribution in [0, 0.1) is 13.8 Å². The number of nitrogens with two attached hydrogens (primary N) is 1. The Morgan fingerprint density at radius 2 is 2.06 bits per heavy atom. The van der Waals surface area contributed by atoms with Crippen LogP contribution in [0.1, 0.15) is 23.9 Å². The molecule has 1 atom stereocenters. The Balaban J connectivity index is 2.54. The minimum absolute atomic E-state index is 0.237. The summed E-state index contributed by atoms with van der Waals surface area (Å²) in [5.74, 6) is 0. The van der Waals surface area contributed by atoms with Crippen LogP contribution >= 0.6 is 0 Å². The first-order chi connectivity index (χ1) is 7.41. The van der Waals surface area contributed by atoms with Crippen LogP contribution in [-0.2, 0) is 13.5 Å². The van der Waals surface area contributed by atoms with Crippen LogP contribution in [0.3, 0.4) is 0 Å². The smallest absolute Gasteiger partial charge is 0.0628 e. The van der Waals surface area contributed by atoms with Crippen molar-refractivity contribution in [3.63, 3.8) is 0 Å². The monoisotopic (exact) mass is 224 g/mol. The molecule has 0 amide bonds. The van der Waals surface area contributed by atoms with Crippen molar-refractivity contribution in [2.45, 2.75) is 33.2 Å². The molecule has 0 saturated carbocycles. The molecule has 16 heavy (non-hydrogen) atoms. The summed E-state index contributed by atoms with van der Waals surface area (Å²) in [5.41, 5.74) is 9.56. The van der Waals surface area contributed by atoms with Gasteiger partial charge in [-0.05, 0) is 39.8 Å². The van der Waals surface area contributed by atoms with Crippen molar-refractivity contribution in [1.29, 1.82) is 0 Å². The zero-order valence-corrected chi connectivity index (χ0v) is 11.1. The minimum Gasteiger partial charge on any atom is -0.327 e. The van der Waals surface area contributed by atoms with Gasteiger partial charge in [0.25, 0.3) is 0 Å². The first kappa shape index (κ1) is 13.2. The van der Waals surface area contributed by atoms with E-state index in [0.29, 0.717) is 0 Å². The summed E-state index contributed by atoms with van der Waals surface area (Å²) in [4.78, 5) is 2.27. The van der Waals surface area contributed by atoms with E-state index in [0.717, 1.165) is 25.2 Å². The molecular weight excluding hydrogens is 200 g/mol. The van der Waals surface area contributed by atoms with E-state index in [1.807, 2.05) is 18.7 Å². The van der Waals surface area contributed by atoms with Gasteiger partial charge in [0.2, 0.25) is 0 Å². The molecule has 4 heteroatoms. The van der Waals surface area contributed by atoms with Gasteiger partial charge >= 0.3 is 0 Å². The first-order valence-corrected chi connectivity index (χ1v) is 5.85. The van der Waals surface area contributed by atoms with Gasteiger partial charge in [0, 0.05) is 31.9 Å². The molecule has 1 aromatic heterocycles. The second-order valence-corrected chi connectivity index (χ2v) is 4.76. The maximum absolute atomic E-state index is 5.77. The molecule has 92 valence electrons. The molecule has 1 rings (SSSR count). The number of hydrogen-bond acceptors (Lipinski definition) is 3. The highest BCUT2D eigenvalue weighted by Gasteiger charge is 2.10. The molecule has 0 spiro atoms. The average Bonchev–Trinajstić information content (AvgIpc) is 2.38. The fourth-order valence-corrected chi connectivity index (χ4v) is 2.06. The molecule has 0 bridgehead atoms. The van der Waals surface area contributed by atoms with Crippen molar-refractivity contribution in [3.05, 3.63) is 17.0 Å². The van der Waals surface area contributed by atoms with Gasteiger partial charge in [-0.15, -0.1) is 0 Å². The van der Waals surface area contributed by atoms with Gasteiger partial charge in [0.15, 0.2) is 0 Å². The van der Waals surface area contributed by atoms with Gasteiger partial charge in [-0.3, -0.25) is 4.68 Å². The molecule has 0 aliphatic heterocycles. The fourth-order valence-electron chi connectivity index (χ4n) is 2.06. The number of aryl methyl sites for hydroxylation is 2. The van der Waals surface area contributed by atoms with Gasteiger partial charge in [0.1, 0.15) is 0 Å². The summed E-state index contributed by atoms with van der Waals surface area (Å²) < 4.78 is 1.95. The van der Waals surface area contributed by atoms with Crippen LogP contribution in [0.5, 0.6) is 0 Å². The van der Waals surface area contributed by atoms with Crippen LogP contribution in [-0.4, -0.2) is 40.9 Å². The number of aromatic nitrogens is 2. The van der Waals surface area contributed by atoms with E-state index in [1.165, 1.54) is 11.3 Å². The number of rotatable bonds is 5. The SMILES string of the molecule is Cc1nn(C)c(C)c1CCN(C)CC(C)N. The zero-order valence-electron chi connectivity index (χ0n) is 11.1. The quantitative estimate of drug-likeness (QED) is 0.807. The lowest BCUT2D eigenvalue weighted by Crippen LogP contribution is -2.34. The summed E-state index contributed by atoms with van der Waals surface area (Å²) >= 11 is 0. The summed E-state index contributed by atoms with van der Waals surface area (Å²) in [6.07, 6.45) is 1.05. The van der Waals surface area contributed by atoms with Crippen LogP contribution < -0.4 is 5.73 Å². The molecule has 2 N–H and O–H groups in total. The lowest BCUT2D eigenvalue weighted by atomic mass is 10.1. The number of likely N-dealkylation sites (N-methyl/N-ethyl adjacent to an activating group) is 1. The zero-order chi connectivity index (χ0) is 12.3. The normalized spacial score (nSPS) is 13.4. The van der Waals surface area contributed by atoms with Crippen molar-refractivity contribution in [2.75, 3.05) is 20.1 Å². The predicted molar refractivity (Wildman–Crippen MR) is 67.5 cm³/mol. The van der Waals surface area contributed by atoms with Gasteiger partial charge in [0.05, 0.1) is 5.69 Å². The third-order valence-corrected chi connectivity index (χ3v) is 3.00. The Kier molecular flexibility index (Phi) is 4.50. The van der Waals surface area contributed by atoms with E-state index in [9.17, 15) is 0 Å². The van der Waals surface area contributed by atoms with Gasteiger partial charge in [-0.1, -0.05) is 0 Å². The largest absolute Gasteiger partial charge is 0.327 e. The van der Waals surface area contributed by atoms with Crippen molar-refractivity contribution in [2.24, 2.45) is 12.8 Å². The molecule has 0 aliphatic rings. The Bertz CT molecular complexity index is 341. The Hall–Kier alpha value is -0.870. The van der Waals surface area contributed by atoms with E-state index >= 15 is 0 Å². The first-order valence-electron chi connectivity index (χ1n) is 5.85. The third kappa shape index (κ3) is 3.32. The van der Waals surface area contributed by atoms with Gasteiger partial charge in [-0.2, -0.15) is 5.10 Å². The van der Waals surface area contributed by atoms with Gasteiger partial charge in [-0.25, -0.2) is 0 Å². The van der Waals surface area contributed by atoms with Crippen LogP contribution in [0.15, 0.2) is 0 Å². The summed E-state index contributed by atoms with van der Waals surface area (Å²) in [5, 5.41) is 4.42. The summed E-state index contributed by atoms with van der Waals surface area (Å²) in [7, 11) is 4.11. The second-order valence-electron chi connectivity index (χ2n) is 4.76. The molecule has 0 fully saturated rings. The highest BCUT2D eigenvalue weighted by atomic mass is 15.3. The lowest BCUT2D eigenvalue weighted by Gasteiger charge is -2.18. The van der Waals surface area contributed by atoms with E-state index < -0.39 is 0 Å². The Labute approximate surface area is 98.4 Å². The van der Waals surface area contributed by atoms with E-state index in [1.54, 1.807) is 0 Å². The third-order valence-electron chi connectivity index (χ3n) is 3.00. The molecule has 0 aromatic carbocycles. The highest BCUT2D eigenvalue weighted by molar-refractivity contribution is 5.24. The molecular formula is C12H24N4. The second kappa shape index (κ2) is 5.46. The summed E-state index contributed by atoms with van der Waals surface area (Å²) in [6, 6.07) is 0.237. The number of nitrogens with zero attached hydrogens (tertiary/aromatic N) is 3. The van der Waals surface area contributed by atoms with Crippen LogP contribution in [0.4, 0.5) is 0 Å². The average molecular weight is 224 g/mol. The molecule has 1 heterocycles. The standard InChI is InChI=1S/C12H24N4/c1-9(13)8-15(4)7-6-12-10(2)14-16(5)11(12)3/h9H,6-8,13H2,1-5H3. The lowest BCUT2D eigenvalue weighted by molar-refractivity contribution is 0.321. The summed E-state index contributed by atoms with van der Waals surface area (Å²) in [6.45, 7) is 8.22. The molecule has 1 aromatic rings. The molecule has 4 nitrogen and oxygen atoms in total. The van der Waals surface area contributed by atoms with Crippen molar-refractivity contribution in [1.82, 2.24) is 14.7 Å². The van der Waals surface area contributed by atoms with Crippen molar-refractivity contribution < 1.29 is 0 Å². The minimum atomic E-state index is 0.237. The van der Waals surface area contributed by atoms with Crippen molar-refractivity contribution >= 4 is 0 Å². The Morgan fingerprint density at radius 1 is 1.44 bits per heavy atom. The molecule has 0 radical (unpaired) electrons. The van der Waals surface area contributed by atoms with E-state index in [-0.39, 0.29) is 6.04 Å². The fraction of sp³-hybridized carbons (Fsp3) is 0.750. The maximum Gasteiger partial charge on any atom is 0.0628 e. The van der Waals surface area contributed by atoms with E-state index in [4.69, 9.17) is 5.73 Å². The van der Waals surface area contributed by atoms with Gasteiger partial charge < -0.3 is 10.6 Å². The van der Waals surface area contributed by atoms with Crippen LogP contribution in [0.2, 0.25) is 0 Å². The van der Waals surface area contributed by atoms with E-state index in [2.05, 4.69) is 30.9 Å². The number of hydrogen-bond donors (Lipinski definition) is 1. The predicted octanol–water partition coefficient (Wildman–Crippen LogP) is 0.858. The topological polar surface area (TPSA) is 47.1 Å². The van der Waals surface area contributed by atoms with Crippen LogP contribution in [0.25, 0.3) is 0 Å². The maximum atomic E-state index is 5.77. The molecule has 0 saturated heterocycles. The Morgan fingerprint density at radius 3 is 2.50 bits per heavy atom. The van der Waals surface area contributed by atoms with Crippen molar-refractivity contribution in [3.8, 4) is 0 Å². The highest BCUT2D eigenvalue weighted by Crippen LogP contribution is 2.12. The molecule has 1 unspecified atom stereocenters.